The highest BCUT2D eigenvalue weighted by molar-refractivity contribution is 4.88. The van der Waals surface area contributed by atoms with Crippen LogP contribution < -0.4 is 5.32 Å². The van der Waals surface area contributed by atoms with Crippen LogP contribution in [0.1, 0.15) is 52.4 Å². The maximum Gasteiger partial charge on any atom is 0.0223 e. The van der Waals surface area contributed by atoms with E-state index < -0.39 is 0 Å². The van der Waals surface area contributed by atoms with Crippen molar-refractivity contribution >= 4 is 0 Å². The van der Waals surface area contributed by atoms with Gasteiger partial charge in [-0.05, 0) is 70.0 Å². The van der Waals surface area contributed by atoms with Gasteiger partial charge in [0, 0.05) is 12.6 Å². The third kappa shape index (κ3) is 4.59. The lowest BCUT2D eigenvalue weighted by Crippen LogP contribution is -2.43. The largest absolute Gasteiger partial charge is 0.312 e. The molecule has 2 unspecified atom stereocenters. The lowest BCUT2D eigenvalue weighted by atomic mass is 10.0. The normalized spacial score (nSPS) is 28.9. The first kappa shape index (κ1) is 13.4. The van der Waals surface area contributed by atoms with Gasteiger partial charge in [0.05, 0.1) is 0 Å². The third-order valence-corrected chi connectivity index (χ3v) is 4.41. The molecule has 2 rings (SSSR count). The molecule has 1 N–H and O–H groups in total. The highest BCUT2D eigenvalue weighted by atomic mass is 15.2. The van der Waals surface area contributed by atoms with Crippen LogP contribution in [-0.4, -0.2) is 37.1 Å². The van der Waals surface area contributed by atoms with Crippen molar-refractivity contribution in [1.82, 2.24) is 10.2 Å². The minimum atomic E-state index is 0.781. The summed E-state index contributed by atoms with van der Waals surface area (Å²) in [6.07, 6.45) is 8.45. The number of rotatable bonds is 6. The van der Waals surface area contributed by atoms with E-state index >= 15 is 0 Å². The standard InChI is InChI=1S/C15H30N2/c1-3-9-16-15(14-6-7-14)12-17-10-4-5-13(2)8-11-17/h13-16H,3-12H2,1-2H3. The number of nitrogens with zero attached hydrogens (tertiary/aromatic N) is 1. The number of hydrogen-bond acceptors (Lipinski definition) is 2. The Morgan fingerprint density at radius 3 is 2.71 bits per heavy atom. The van der Waals surface area contributed by atoms with Gasteiger partial charge in [0.1, 0.15) is 0 Å². The van der Waals surface area contributed by atoms with Gasteiger partial charge in [-0.15, -0.1) is 0 Å². The molecule has 1 aliphatic carbocycles. The second-order valence-electron chi connectivity index (χ2n) is 6.23. The van der Waals surface area contributed by atoms with Crippen LogP contribution in [0.2, 0.25) is 0 Å². The van der Waals surface area contributed by atoms with Crippen molar-refractivity contribution in [1.29, 1.82) is 0 Å². The van der Waals surface area contributed by atoms with E-state index in [1.807, 2.05) is 0 Å². The molecule has 0 aromatic rings. The van der Waals surface area contributed by atoms with Crippen LogP contribution >= 0.6 is 0 Å². The first-order valence-corrected chi connectivity index (χ1v) is 7.75. The molecule has 17 heavy (non-hydrogen) atoms. The molecule has 1 saturated carbocycles. The zero-order valence-corrected chi connectivity index (χ0v) is 11.8. The highest BCUT2D eigenvalue weighted by Crippen LogP contribution is 2.33. The highest BCUT2D eigenvalue weighted by Gasteiger charge is 2.32. The van der Waals surface area contributed by atoms with E-state index in [9.17, 15) is 0 Å². The fourth-order valence-electron chi connectivity index (χ4n) is 2.99. The molecule has 1 heterocycles. The van der Waals surface area contributed by atoms with E-state index in [4.69, 9.17) is 0 Å². The van der Waals surface area contributed by atoms with Gasteiger partial charge in [-0.2, -0.15) is 0 Å². The summed E-state index contributed by atoms with van der Waals surface area (Å²) < 4.78 is 0. The van der Waals surface area contributed by atoms with Crippen LogP contribution in [-0.2, 0) is 0 Å². The Kier molecular flexibility index (Phi) is 5.30. The van der Waals surface area contributed by atoms with Gasteiger partial charge in [0.2, 0.25) is 0 Å². The molecule has 100 valence electrons. The van der Waals surface area contributed by atoms with E-state index in [0.717, 1.165) is 17.9 Å². The number of hydrogen-bond donors (Lipinski definition) is 1. The fraction of sp³-hybridized carbons (Fsp3) is 1.00. The Morgan fingerprint density at radius 2 is 2.00 bits per heavy atom. The van der Waals surface area contributed by atoms with Crippen molar-refractivity contribution in [2.45, 2.75) is 58.4 Å². The Balaban J connectivity index is 1.75. The van der Waals surface area contributed by atoms with E-state index in [1.165, 1.54) is 64.7 Å². The minimum absolute atomic E-state index is 0.781. The Bertz CT molecular complexity index is 213. The summed E-state index contributed by atoms with van der Waals surface area (Å²) in [5, 5.41) is 3.77. The van der Waals surface area contributed by atoms with Gasteiger partial charge in [0.15, 0.2) is 0 Å². The fourth-order valence-corrected chi connectivity index (χ4v) is 2.99. The maximum atomic E-state index is 3.77. The number of likely N-dealkylation sites (tertiary alicyclic amines) is 1. The first-order chi connectivity index (χ1) is 8.29. The third-order valence-electron chi connectivity index (χ3n) is 4.41. The van der Waals surface area contributed by atoms with Gasteiger partial charge >= 0.3 is 0 Å². The van der Waals surface area contributed by atoms with Crippen molar-refractivity contribution in [2.24, 2.45) is 11.8 Å². The van der Waals surface area contributed by atoms with E-state index in [2.05, 4.69) is 24.1 Å². The van der Waals surface area contributed by atoms with Crippen LogP contribution in [0.5, 0.6) is 0 Å². The summed E-state index contributed by atoms with van der Waals surface area (Å²) in [6.45, 7) is 9.85. The Morgan fingerprint density at radius 1 is 1.18 bits per heavy atom. The lowest BCUT2D eigenvalue weighted by molar-refractivity contribution is 0.236. The van der Waals surface area contributed by atoms with Gasteiger partial charge in [-0.3, -0.25) is 0 Å². The predicted molar refractivity (Wildman–Crippen MR) is 74.3 cm³/mol. The molecule has 0 amide bonds. The van der Waals surface area contributed by atoms with Crippen molar-refractivity contribution in [3.8, 4) is 0 Å². The zero-order chi connectivity index (χ0) is 12.1. The predicted octanol–water partition coefficient (Wildman–Crippen LogP) is 2.89. The van der Waals surface area contributed by atoms with Gasteiger partial charge < -0.3 is 10.2 Å². The van der Waals surface area contributed by atoms with Crippen LogP contribution in [0.4, 0.5) is 0 Å². The molecule has 0 aromatic heterocycles. The summed E-state index contributed by atoms with van der Waals surface area (Å²) in [5.74, 6) is 1.94. The Hall–Kier alpha value is -0.0800. The van der Waals surface area contributed by atoms with Crippen molar-refractivity contribution in [3.63, 3.8) is 0 Å². The molecule has 0 radical (unpaired) electrons. The second-order valence-corrected chi connectivity index (χ2v) is 6.23. The summed E-state index contributed by atoms with van der Waals surface area (Å²) >= 11 is 0. The topological polar surface area (TPSA) is 15.3 Å². The molecule has 2 nitrogen and oxygen atoms in total. The molecule has 1 saturated heterocycles. The van der Waals surface area contributed by atoms with Gasteiger partial charge in [0.25, 0.3) is 0 Å². The molecular formula is C15H30N2. The Labute approximate surface area is 107 Å². The lowest BCUT2D eigenvalue weighted by Gasteiger charge is -2.27. The molecule has 0 aromatic carbocycles. The van der Waals surface area contributed by atoms with Gasteiger partial charge in [-0.1, -0.05) is 13.8 Å². The monoisotopic (exact) mass is 238 g/mol. The van der Waals surface area contributed by atoms with Crippen molar-refractivity contribution < 1.29 is 0 Å². The van der Waals surface area contributed by atoms with E-state index in [1.54, 1.807) is 0 Å². The van der Waals surface area contributed by atoms with Crippen LogP contribution in [0.25, 0.3) is 0 Å². The molecule has 0 bridgehead atoms. The molecule has 2 heteroatoms. The molecule has 1 aliphatic heterocycles. The van der Waals surface area contributed by atoms with Crippen LogP contribution in [0.15, 0.2) is 0 Å². The average Bonchev–Trinajstić information content (AvgIpc) is 3.13. The molecule has 2 fully saturated rings. The maximum absolute atomic E-state index is 3.77. The van der Waals surface area contributed by atoms with E-state index in [0.29, 0.717) is 0 Å². The average molecular weight is 238 g/mol. The second kappa shape index (κ2) is 6.75. The first-order valence-electron chi connectivity index (χ1n) is 7.75. The quantitative estimate of drug-likeness (QED) is 0.765. The zero-order valence-electron chi connectivity index (χ0n) is 11.8. The molecule has 2 atom stereocenters. The summed E-state index contributed by atoms with van der Waals surface area (Å²) in [7, 11) is 0. The molecule has 0 spiro atoms. The smallest absolute Gasteiger partial charge is 0.0223 e. The SMILES string of the molecule is CCCNC(CN1CCCC(C)CC1)C1CC1. The molecular weight excluding hydrogens is 208 g/mol. The summed E-state index contributed by atoms with van der Waals surface area (Å²) in [6, 6.07) is 0.781. The van der Waals surface area contributed by atoms with Crippen molar-refractivity contribution in [3.05, 3.63) is 0 Å². The minimum Gasteiger partial charge on any atom is -0.312 e. The van der Waals surface area contributed by atoms with Crippen LogP contribution in [0, 0.1) is 11.8 Å². The summed E-state index contributed by atoms with van der Waals surface area (Å²) in [4.78, 5) is 2.72. The van der Waals surface area contributed by atoms with Gasteiger partial charge in [-0.25, -0.2) is 0 Å². The molecule has 2 aliphatic rings. The van der Waals surface area contributed by atoms with Crippen molar-refractivity contribution in [2.75, 3.05) is 26.2 Å². The van der Waals surface area contributed by atoms with E-state index in [-0.39, 0.29) is 0 Å². The van der Waals surface area contributed by atoms with Crippen LogP contribution in [0.3, 0.4) is 0 Å². The summed E-state index contributed by atoms with van der Waals surface area (Å²) in [5.41, 5.74) is 0. The number of nitrogens with one attached hydrogen (secondary N) is 1.